The van der Waals surface area contributed by atoms with Crippen LogP contribution in [0.15, 0.2) is 48.5 Å². The molecule has 0 saturated carbocycles. The molecule has 37 heavy (non-hydrogen) atoms. The molecule has 1 aromatic heterocycles. The van der Waals surface area contributed by atoms with Crippen molar-refractivity contribution in [2.24, 2.45) is 0 Å². The van der Waals surface area contributed by atoms with Gasteiger partial charge in [0.2, 0.25) is 5.95 Å². The van der Waals surface area contributed by atoms with Gasteiger partial charge in [0, 0.05) is 14.1 Å². The molecule has 0 bridgehead atoms. The minimum atomic E-state index is -4.91. The second-order valence-electron chi connectivity index (χ2n) is 9.11. The average molecular weight is 545 g/mol. The normalized spacial score (nSPS) is 19.2. The Labute approximate surface area is 214 Å². The van der Waals surface area contributed by atoms with E-state index in [1.807, 2.05) is 44.4 Å². The van der Waals surface area contributed by atoms with Crippen molar-refractivity contribution in [1.29, 1.82) is 0 Å². The highest BCUT2D eigenvalue weighted by Gasteiger charge is 2.38. The van der Waals surface area contributed by atoms with Crippen LogP contribution in [0.3, 0.4) is 0 Å². The lowest BCUT2D eigenvalue weighted by atomic mass is 9.92. The van der Waals surface area contributed by atoms with Crippen LogP contribution in [-0.4, -0.2) is 41.0 Å². The summed E-state index contributed by atoms with van der Waals surface area (Å²) in [5, 5.41) is 0.804. The van der Waals surface area contributed by atoms with Crippen molar-refractivity contribution in [2.45, 2.75) is 50.5 Å². The summed E-state index contributed by atoms with van der Waals surface area (Å²) in [5.74, 6) is 0.603. The number of alkyl halides is 6. The molecule has 1 aliphatic heterocycles. The second kappa shape index (κ2) is 11.0. The van der Waals surface area contributed by atoms with E-state index in [-0.39, 0.29) is 24.3 Å². The van der Waals surface area contributed by atoms with Gasteiger partial charge in [-0.05, 0) is 60.2 Å². The molecule has 0 N–H and O–H groups in total. The number of benzene rings is 2. The fourth-order valence-corrected chi connectivity index (χ4v) is 5.16. The number of aromatic nitrogens is 2. The van der Waals surface area contributed by atoms with Gasteiger partial charge in [-0.25, -0.2) is 4.98 Å². The zero-order valence-corrected chi connectivity index (χ0v) is 21.0. The molecular weight excluding hydrogens is 518 g/mol. The molecule has 5 nitrogen and oxygen atoms in total. The van der Waals surface area contributed by atoms with E-state index in [0.717, 1.165) is 35.7 Å². The molecule has 0 amide bonds. The van der Waals surface area contributed by atoms with E-state index in [1.165, 1.54) is 11.5 Å². The largest absolute Gasteiger partial charge is 0.416 e. The molecule has 3 aromatic rings. The molecule has 200 valence electrons. The quantitative estimate of drug-likeness (QED) is 0.315. The molecule has 1 saturated heterocycles. The van der Waals surface area contributed by atoms with E-state index in [1.54, 1.807) is 4.90 Å². The van der Waals surface area contributed by atoms with Gasteiger partial charge in [-0.2, -0.15) is 30.7 Å². The van der Waals surface area contributed by atoms with Gasteiger partial charge in [0.05, 0.1) is 36.4 Å². The third-order valence-corrected chi connectivity index (χ3v) is 6.81. The summed E-state index contributed by atoms with van der Waals surface area (Å²) in [5.41, 5.74) is -1.92. The Balaban J connectivity index is 1.59. The van der Waals surface area contributed by atoms with Gasteiger partial charge < -0.3 is 9.64 Å². The number of halogens is 6. The molecule has 4 rings (SSSR count). The summed E-state index contributed by atoms with van der Waals surface area (Å²) < 4.78 is 90.2. The number of anilines is 1. The summed E-state index contributed by atoms with van der Waals surface area (Å²) in [6, 6.07) is 10.8. The first kappa shape index (κ1) is 27.3. The first-order valence-corrected chi connectivity index (χ1v) is 12.4. The van der Waals surface area contributed by atoms with E-state index in [9.17, 15) is 26.3 Å². The van der Waals surface area contributed by atoms with Crippen LogP contribution in [0.1, 0.15) is 46.1 Å². The summed E-state index contributed by atoms with van der Waals surface area (Å²) in [6.07, 6.45) is -8.89. The highest BCUT2D eigenvalue weighted by molar-refractivity contribution is 7.05. The standard InChI is InChI=1S/C25H26F6N4OS/c1-34(2)23-32-21(37-33-23)14-35-10-6-9-20(22(35)17-7-4-3-5-8-17)36-15-16-11-18(24(26,27)28)13-19(12-16)25(29,30)31/h3-5,7-8,11-13,20,22H,6,9-10,14-15H2,1-2H3/t20-,22-/m1/s1. The molecule has 12 heteroatoms. The van der Waals surface area contributed by atoms with E-state index in [0.29, 0.717) is 18.9 Å². The summed E-state index contributed by atoms with van der Waals surface area (Å²) in [4.78, 5) is 8.54. The minimum Gasteiger partial charge on any atom is -0.372 e. The maximum atomic E-state index is 13.3. The zero-order chi connectivity index (χ0) is 26.8. The van der Waals surface area contributed by atoms with E-state index in [2.05, 4.69) is 14.3 Å². The van der Waals surface area contributed by atoms with Gasteiger partial charge in [0.25, 0.3) is 0 Å². The molecule has 2 heterocycles. The Morgan fingerprint density at radius 2 is 1.65 bits per heavy atom. The van der Waals surface area contributed by atoms with Crippen LogP contribution >= 0.6 is 11.5 Å². The van der Waals surface area contributed by atoms with Crippen LogP contribution < -0.4 is 4.90 Å². The predicted molar refractivity (Wildman–Crippen MR) is 128 cm³/mol. The van der Waals surface area contributed by atoms with Crippen LogP contribution in [0.5, 0.6) is 0 Å². The van der Waals surface area contributed by atoms with Gasteiger partial charge >= 0.3 is 12.4 Å². The molecule has 1 fully saturated rings. The van der Waals surface area contributed by atoms with Gasteiger partial charge in [-0.1, -0.05) is 30.3 Å². The third kappa shape index (κ3) is 6.79. The fourth-order valence-electron chi connectivity index (χ4n) is 4.43. The molecule has 0 spiro atoms. The molecule has 1 aliphatic rings. The smallest absolute Gasteiger partial charge is 0.372 e. The van der Waals surface area contributed by atoms with Gasteiger partial charge in [-0.3, -0.25) is 4.90 Å². The summed E-state index contributed by atoms with van der Waals surface area (Å²) >= 11 is 1.29. The number of hydrogen-bond acceptors (Lipinski definition) is 6. The lowest BCUT2D eigenvalue weighted by Gasteiger charge is -2.41. The SMILES string of the molecule is CN(C)c1nsc(CN2CCC[C@@H](OCc3cc(C(F)(F)F)cc(C(F)(F)F)c3)[C@H]2c2ccccc2)n1. The van der Waals surface area contributed by atoms with Gasteiger partial charge in [0.15, 0.2) is 0 Å². The lowest BCUT2D eigenvalue weighted by Crippen LogP contribution is -2.42. The van der Waals surface area contributed by atoms with Crippen molar-refractivity contribution in [2.75, 3.05) is 25.5 Å². The molecule has 0 unspecified atom stereocenters. The number of rotatable bonds is 7. The summed E-state index contributed by atoms with van der Waals surface area (Å²) in [6.45, 7) is 0.850. The van der Waals surface area contributed by atoms with Crippen molar-refractivity contribution < 1.29 is 31.1 Å². The van der Waals surface area contributed by atoms with E-state index < -0.39 is 29.6 Å². The second-order valence-corrected chi connectivity index (χ2v) is 9.95. The number of piperidine rings is 1. The van der Waals surface area contributed by atoms with Gasteiger partial charge in [-0.15, -0.1) is 0 Å². The maximum Gasteiger partial charge on any atom is 0.416 e. The van der Waals surface area contributed by atoms with E-state index in [4.69, 9.17) is 4.74 Å². The molecule has 2 aromatic carbocycles. The Hall–Kier alpha value is -2.70. The number of hydrogen-bond donors (Lipinski definition) is 0. The molecule has 2 atom stereocenters. The van der Waals surface area contributed by atoms with Crippen molar-refractivity contribution in [3.8, 4) is 0 Å². The topological polar surface area (TPSA) is 41.5 Å². The molecule has 0 aliphatic carbocycles. The average Bonchev–Trinajstić information content (AvgIpc) is 3.31. The Bertz CT molecular complexity index is 1150. The number of ether oxygens (including phenoxy) is 1. The number of likely N-dealkylation sites (tertiary alicyclic amines) is 1. The Morgan fingerprint density at radius 1 is 1.00 bits per heavy atom. The lowest BCUT2D eigenvalue weighted by molar-refractivity contribution is -0.143. The van der Waals surface area contributed by atoms with Gasteiger partial charge in [0.1, 0.15) is 5.01 Å². The van der Waals surface area contributed by atoms with Crippen LogP contribution in [-0.2, 0) is 30.2 Å². The maximum absolute atomic E-state index is 13.3. The van der Waals surface area contributed by atoms with Crippen molar-refractivity contribution in [3.63, 3.8) is 0 Å². The molecule has 0 radical (unpaired) electrons. The monoisotopic (exact) mass is 544 g/mol. The van der Waals surface area contributed by atoms with Crippen molar-refractivity contribution in [3.05, 3.63) is 75.8 Å². The summed E-state index contributed by atoms with van der Waals surface area (Å²) in [7, 11) is 3.70. The highest BCUT2D eigenvalue weighted by atomic mass is 32.1. The fraction of sp³-hybridized carbons (Fsp3) is 0.440. The van der Waals surface area contributed by atoms with Crippen LogP contribution in [0.2, 0.25) is 0 Å². The molecular formula is C25H26F6N4OS. The Kier molecular flexibility index (Phi) is 8.10. The van der Waals surface area contributed by atoms with Crippen molar-refractivity contribution >= 4 is 17.5 Å². The van der Waals surface area contributed by atoms with Crippen LogP contribution in [0, 0.1) is 0 Å². The first-order chi connectivity index (χ1) is 17.4. The minimum absolute atomic E-state index is 0.128. The highest BCUT2D eigenvalue weighted by Crippen LogP contribution is 2.38. The zero-order valence-electron chi connectivity index (χ0n) is 20.2. The first-order valence-electron chi connectivity index (χ1n) is 11.6. The van der Waals surface area contributed by atoms with E-state index >= 15 is 0 Å². The van der Waals surface area contributed by atoms with Crippen LogP contribution in [0.25, 0.3) is 0 Å². The Morgan fingerprint density at radius 3 is 2.22 bits per heavy atom. The third-order valence-electron chi connectivity index (χ3n) is 6.13. The number of nitrogens with zero attached hydrogens (tertiary/aromatic N) is 4. The predicted octanol–water partition coefficient (Wildman–Crippen LogP) is 6.56. The van der Waals surface area contributed by atoms with Crippen LogP contribution in [0.4, 0.5) is 32.3 Å². The van der Waals surface area contributed by atoms with Crippen molar-refractivity contribution in [1.82, 2.24) is 14.3 Å².